The van der Waals surface area contributed by atoms with Gasteiger partial charge < -0.3 is 14.0 Å². The van der Waals surface area contributed by atoms with Gasteiger partial charge in [-0.15, -0.1) is 0 Å². The number of hydrogen-bond donors (Lipinski definition) is 1. The molecule has 0 fully saturated rings. The van der Waals surface area contributed by atoms with Crippen LogP contribution in [0.15, 0.2) is 88.4 Å². The number of carbonyl (C=O) groups is 1. The van der Waals surface area contributed by atoms with E-state index in [0.29, 0.717) is 30.3 Å². The van der Waals surface area contributed by atoms with Crippen molar-refractivity contribution in [3.63, 3.8) is 0 Å². The number of aryl methyl sites for hydroxylation is 1. The minimum atomic E-state index is -0.287. The molecule has 1 aliphatic heterocycles. The standard InChI is InChI=1S/C28H23FN4O2/c1-2-32-17-19(21-6-3-4-7-25(21)32)14-24-28(34)33(27(31-24)26-8-5-13-35-26)12-11-18-16-30-23-10-9-20(29)15-22(18)23/h3-10,13-17,30H,2,11-12H2,1H3/b24-14-. The number of hydrogen-bond acceptors (Lipinski definition) is 3. The van der Waals surface area contributed by atoms with Crippen LogP contribution < -0.4 is 0 Å². The lowest BCUT2D eigenvalue weighted by atomic mass is 10.1. The molecule has 0 bridgehead atoms. The highest BCUT2D eigenvalue weighted by Gasteiger charge is 2.32. The van der Waals surface area contributed by atoms with Gasteiger partial charge >= 0.3 is 0 Å². The van der Waals surface area contributed by atoms with E-state index in [0.717, 1.165) is 39.5 Å². The van der Waals surface area contributed by atoms with Crippen molar-refractivity contribution in [2.24, 2.45) is 4.99 Å². The Morgan fingerprint density at radius 1 is 1.11 bits per heavy atom. The molecule has 1 amide bonds. The maximum absolute atomic E-state index is 13.8. The number of benzene rings is 2. The first-order chi connectivity index (χ1) is 17.1. The Morgan fingerprint density at radius 3 is 2.83 bits per heavy atom. The van der Waals surface area contributed by atoms with Gasteiger partial charge in [0.25, 0.3) is 5.91 Å². The Labute approximate surface area is 201 Å². The minimum Gasteiger partial charge on any atom is -0.461 e. The van der Waals surface area contributed by atoms with E-state index in [2.05, 4.69) is 39.8 Å². The van der Waals surface area contributed by atoms with Crippen molar-refractivity contribution in [1.82, 2.24) is 14.5 Å². The van der Waals surface area contributed by atoms with Gasteiger partial charge in [0.2, 0.25) is 0 Å². The first-order valence-electron chi connectivity index (χ1n) is 11.6. The van der Waals surface area contributed by atoms with E-state index >= 15 is 0 Å². The summed E-state index contributed by atoms with van der Waals surface area (Å²) >= 11 is 0. The molecule has 1 N–H and O–H groups in total. The number of fused-ring (bicyclic) bond motifs is 2. The van der Waals surface area contributed by atoms with Gasteiger partial charge in [-0.3, -0.25) is 9.69 Å². The largest absolute Gasteiger partial charge is 0.461 e. The number of rotatable bonds is 6. The molecule has 35 heavy (non-hydrogen) atoms. The molecule has 0 atom stereocenters. The second-order valence-electron chi connectivity index (χ2n) is 8.54. The molecule has 0 unspecified atom stereocenters. The van der Waals surface area contributed by atoms with E-state index in [1.165, 1.54) is 12.1 Å². The zero-order chi connectivity index (χ0) is 23.9. The molecule has 7 heteroatoms. The third kappa shape index (κ3) is 3.65. The molecule has 0 spiro atoms. The first kappa shape index (κ1) is 21.2. The summed E-state index contributed by atoms with van der Waals surface area (Å²) in [5.41, 5.74) is 4.23. The average Bonchev–Trinajstić information content (AvgIpc) is 3.65. The number of halogens is 1. The molecule has 0 radical (unpaired) electrons. The lowest BCUT2D eigenvalue weighted by molar-refractivity contribution is -0.122. The number of amides is 1. The number of aromatic amines is 1. The first-order valence-corrected chi connectivity index (χ1v) is 11.6. The second kappa shape index (κ2) is 8.43. The molecule has 2 aromatic carbocycles. The summed E-state index contributed by atoms with van der Waals surface area (Å²) in [6, 6.07) is 16.4. The molecule has 6 rings (SSSR count). The van der Waals surface area contributed by atoms with Crippen LogP contribution in [0.5, 0.6) is 0 Å². The summed E-state index contributed by atoms with van der Waals surface area (Å²) < 4.78 is 21.6. The molecule has 5 aromatic rings. The summed E-state index contributed by atoms with van der Waals surface area (Å²) in [6.45, 7) is 3.31. The molecule has 0 saturated heterocycles. The summed E-state index contributed by atoms with van der Waals surface area (Å²) in [7, 11) is 0. The Bertz CT molecular complexity index is 1620. The fourth-order valence-electron chi connectivity index (χ4n) is 4.74. The molecule has 174 valence electrons. The van der Waals surface area contributed by atoms with Crippen molar-refractivity contribution < 1.29 is 13.6 Å². The molecular weight excluding hydrogens is 443 g/mol. The van der Waals surface area contributed by atoms with Gasteiger partial charge in [0.15, 0.2) is 11.6 Å². The Kier molecular flexibility index (Phi) is 5.10. The van der Waals surface area contributed by atoms with Gasteiger partial charge in [-0.1, -0.05) is 18.2 Å². The summed E-state index contributed by atoms with van der Waals surface area (Å²) in [6.07, 6.45) is 7.87. The number of nitrogens with one attached hydrogen (secondary N) is 1. The SMILES string of the molecule is CCn1cc(/C=C2\N=C(c3ccco3)N(CCc3c[nH]c4ccc(F)cc34)C2=O)c2ccccc21. The molecule has 0 aliphatic carbocycles. The topological polar surface area (TPSA) is 66.5 Å². The van der Waals surface area contributed by atoms with E-state index < -0.39 is 0 Å². The van der Waals surface area contributed by atoms with E-state index in [1.807, 2.05) is 24.4 Å². The average molecular weight is 467 g/mol. The monoisotopic (exact) mass is 466 g/mol. The van der Waals surface area contributed by atoms with Crippen LogP contribution in [0, 0.1) is 5.82 Å². The quantitative estimate of drug-likeness (QED) is 0.324. The van der Waals surface area contributed by atoms with Gasteiger partial charge in [0.05, 0.1) is 6.26 Å². The molecule has 1 aliphatic rings. The maximum atomic E-state index is 13.8. The van der Waals surface area contributed by atoms with Gasteiger partial charge in [0, 0.05) is 52.9 Å². The predicted molar refractivity (Wildman–Crippen MR) is 135 cm³/mol. The summed E-state index contributed by atoms with van der Waals surface area (Å²) in [5, 5.41) is 1.89. The molecular formula is C28H23FN4O2. The van der Waals surface area contributed by atoms with E-state index in [4.69, 9.17) is 4.42 Å². The van der Waals surface area contributed by atoms with Gasteiger partial charge in [-0.05, 0) is 61.4 Å². The Balaban J connectivity index is 1.36. The number of aliphatic imine (C=N–C) groups is 1. The van der Waals surface area contributed by atoms with E-state index in [9.17, 15) is 9.18 Å². The Morgan fingerprint density at radius 2 is 2.00 bits per heavy atom. The van der Waals surface area contributed by atoms with Crippen LogP contribution in [-0.2, 0) is 17.8 Å². The van der Waals surface area contributed by atoms with Crippen molar-refractivity contribution in [2.75, 3.05) is 6.54 Å². The van der Waals surface area contributed by atoms with Crippen molar-refractivity contribution in [1.29, 1.82) is 0 Å². The zero-order valence-electron chi connectivity index (χ0n) is 19.2. The van der Waals surface area contributed by atoms with Crippen LogP contribution in [0.1, 0.15) is 23.8 Å². The molecule has 0 saturated carbocycles. The minimum absolute atomic E-state index is 0.184. The van der Waals surface area contributed by atoms with Crippen molar-refractivity contribution in [2.45, 2.75) is 19.9 Å². The summed E-state index contributed by atoms with van der Waals surface area (Å²) in [5.74, 6) is 0.542. The van der Waals surface area contributed by atoms with Crippen LogP contribution in [-0.4, -0.2) is 32.7 Å². The van der Waals surface area contributed by atoms with Crippen molar-refractivity contribution >= 4 is 39.6 Å². The van der Waals surface area contributed by atoms with Crippen LogP contribution in [0.3, 0.4) is 0 Å². The number of carbonyl (C=O) groups excluding carboxylic acids is 1. The second-order valence-corrected chi connectivity index (χ2v) is 8.54. The van der Waals surface area contributed by atoms with Crippen LogP contribution in [0.2, 0.25) is 0 Å². The number of nitrogens with zero attached hydrogens (tertiary/aromatic N) is 3. The van der Waals surface area contributed by atoms with Gasteiger partial charge in [-0.25, -0.2) is 9.38 Å². The highest BCUT2D eigenvalue weighted by atomic mass is 19.1. The number of aromatic nitrogens is 2. The molecule has 4 heterocycles. The number of amidine groups is 1. The highest BCUT2D eigenvalue weighted by molar-refractivity contribution is 6.19. The molecule has 6 nitrogen and oxygen atoms in total. The normalized spacial score (nSPS) is 15.1. The van der Waals surface area contributed by atoms with Crippen LogP contribution in [0.4, 0.5) is 4.39 Å². The fraction of sp³-hybridized carbons (Fsp3) is 0.143. The predicted octanol–water partition coefficient (Wildman–Crippen LogP) is 5.75. The van der Waals surface area contributed by atoms with Gasteiger partial charge in [-0.2, -0.15) is 0 Å². The maximum Gasteiger partial charge on any atom is 0.278 e. The van der Waals surface area contributed by atoms with Gasteiger partial charge in [0.1, 0.15) is 11.5 Å². The van der Waals surface area contributed by atoms with Crippen LogP contribution in [0.25, 0.3) is 27.9 Å². The number of furan rings is 1. The van der Waals surface area contributed by atoms with Crippen molar-refractivity contribution in [3.05, 3.63) is 102 Å². The number of para-hydroxylation sites is 1. The lowest BCUT2D eigenvalue weighted by Gasteiger charge is -2.16. The Hall–Kier alpha value is -4.39. The fourth-order valence-corrected chi connectivity index (χ4v) is 4.74. The smallest absolute Gasteiger partial charge is 0.278 e. The third-order valence-corrected chi connectivity index (χ3v) is 6.47. The van der Waals surface area contributed by atoms with E-state index in [1.54, 1.807) is 29.4 Å². The van der Waals surface area contributed by atoms with Crippen molar-refractivity contribution in [3.8, 4) is 0 Å². The molecule has 3 aromatic heterocycles. The van der Waals surface area contributed by atoms with Crippen LogP contribution >= 0.6 is 0 Å². The highest BCUT2D eigenvalue weighted by Crippen LogP contribution is 2.28. The van der Waals surface area contributed by atoms with E-state index in [-0.39, 0.29) is 11.7 Å². The summed E-state index contributed by atoms with van der Waals surface area (Å²) in [4.78, 5) is 23.0. The third-order valence-electron chi connectivity index (χ3n) is 6.47. The lowest BCUT2D eigenvalue weighted by Crippen LogP contribution is -2.34. The zero-order valence-corrected chi connectivity index (χ0v) is 19.2. The number of H-pyrrole nitrogens is 1.